The molecule has 0 heterocycles. The molecule has 0 aromatic carbocycles. The number of carboxylic acid groups (broad SMARTS) is 1. The van der Waals surface area contributed by atoms with Gasteiger partial charge in [0.05, 0.1) is 0 Å². The Bertz CT molecular complexity index is 64.3. The van der Waals surface area contributed by atoms with Crippen molar-refractivity contribution >= 4 is 22.5 Å². The molecule has 0 bridgehead atoms. The Hall–Kier alpha value is -0.0271. The first-order valence-electron chi connectivity index (χ1n) is 2.28. The topological polar surface area (TPSA) is 68.8 Å². The molecule has 0 aliphatic rings. The van der Waals surface area contributed by atoms with Crippen LogP contribution in [-0.2, 0) is 4.79 Å². The second kappa shape index (κ2) is 6.97. The van der Waals surface area contributed by atoms with E-state index in [2.05, 4.69) is 0 Å². The van der Waals surface area contributed by atoms with Crippen LogP contribution in [0.5, 0.6) is 0 Å². The fraction of sp³-hybridized carbons (Fsp3) is 0.750. The molecule has 3 nitrogen and oxygen atoms in total. The molecule has 0 aliphatic heterocycles. The zero-order valence-corrected chi connectivity index (χ0v) is 7.65. The third-order valence-corrected chi connectivity index (χ3v) is 1.69. The quantitative estimate of drug-likeness (QED) is 0.570. The Balaban J connectivity index is 0. The number of aliphatic carboxylic acids is 1. The molecule has 0 fully saturated rings. The van der Waals surface area contributed by atoms with Gasteiger partial charge >= 0.3 is 50.5 Å². The molecule has 3 N–H and O–H groups in total. The summed E-state index contributed by atoms with van der Waals surface area (Å²) in [6.07, 6.45) is 1.20. The molecule has 0 aromatic heterocycles. The normalized spacial score (nSPS) is 7.62. The molecule has 0 aromatic rings. The van der Waals surface area contributed by atoms with Gasteiger partial charge in [-0.15, -0.1) is 0 Å². The van der Waals surface area contributed by atoms with Crippen LogP contribution in [0.4, 0.5) is 0 Å². The van der Waals surface area contributed by atoms with Crippen molar-refractivity contribution in [1.82, 2.24) is 0 Å². The van der Waals surface area contributed by atoms with Gasteiger partial charge in [0, 0.05) is 0 Å². The van der Waals surface area contributed by atoms with Crippen molar-refractivity contribution in [3.63, 3.8) is 0 Å². The van der Waals surface area contributed by atoms with E-state index in [-0.39, 0.29) is 5.48 Å². The van der Waals surface area contributed by atoms with Gasteiger partial charge in [-0.25, -0.2) is 0 Å². The SMILES string of the molecule is O.O=C(O)CC[CH2][GeH2]. The van der Waals surface area contributed by atoms with Gasteiger partial charge < -0.3 is 5.48 Å². The van der Waals surface area contributed by atoms with E-state index >= 15 is 0 Å². The van der Waals surface area contributed by atoms with Crippen molar-refractivity contribution in [1.29, 1.82) is 0 Å². The van der Waals surface area contributed by atoms with Crippen molar-refractivity contribution in [3.05, 3.63) is 0 Å². The second-order valence-electron chi connectivity index (χ2n) is 1.35. The summed E-state index contributed by atoms with van der Waals surface area (Å²) in [6.45, 7) is 0. The van der Waals surface area contributed by atoms with E-state index in [9.17, 15) is 4.79 Å². The molecule has 0 rings (SSSR count). The molecule has 0 amide bonds. The molecular weight excluding hydrogens is 169 g/mol. The Kier molecular flexibility index (Phi) is 9.47. The number of hydrogen-bond donors (Lipinski definition) is 1. The van der Waals surface area contributed by atoms with Gasteiger partial charge in [0.25, 0.3) is 0 Å². The molecule has 49 valence electrons. The molecule has 0 spiro atoms. The Morgan fingerprint density at radius 2 is 2.12 bits per heavy atom. The summed E-state index contributed by atoms with van der Waals surface area (Å²) in [5, 5.41) is 9.15. The maximum absolute atomic E-state index is 9.77. The Morgan fingerprint density at radius 1 is 1.62 bits per heavy atom. The van der Waals surface area contributed by atoms with Gasteiger partial charge in [-0.2, -0.15) is 0 Å². The van der Waals surface area contributed by atoms with E-state index in [4.69, 9.17) is 5.11 Å². The van der Waals surface area contributed by atoms with Crippen molar-refractivity contribution in [2.75, 3.05) is 0 Å². The summed E-state index contributed by atoms with van der Waals surface area (Å²) >= 11 is 1.22. The summed E-state index contributed by atoms with van der Waals surface area (Å²) in [5.41, 5.74) is 0. The monoisotopic (exact) mass is 181 g/mol. The van der Waals surface area contributed by atoms with E-state index in [0.29, 0.717) is 6.42 Å². The first-order valence-corrected chi connectivity index (χ1v) is 4.38. The average Bonchev–Trinajstić information content (AvgIpc) is 1.61. The molecule has 4 heteroatoms. The fourth-order valence-electron chi connectivity index (χ4n) is 0.276. The molecule has 0 aliphatic carbocycles. The van der Waals surface area contributed by atoms with E-state index in [1.807, 2.05) is 0 Å². The first kappa shape index (κ1) is 10.9. The summed E-state index contributed by atoms with van der Waals surface area (Å²) in [6, 6.07) is 0. The van der Waals surface area contributed by atoms with Gasteiger partial charge in [0.2, 0.25) is 0 Å². The molecule has 1 radical (unpaired) electrons. The number of carboxylic acids is 1. The van der Waals surface area contributed by atoms with Crippen LogP contribution in [0, 0.1) is 0 Å². The van der Waals surface area contributed by atoms with Gasteiger partial charge in [-0.1, -0.05) is 0 Å². The van der Waals surface area contributed by atoms with Gasteiger partial charge in [0.1, 0.15) is 0 Å². The summed E-state index contributed by atoms with van der Waals surface area (Å²) < 4.78 is 0. The van der Waals surface area contributed by atoms with Crippen LogP contribution in [0.3, 0.4) is 0 Å². The summed E-state index contributed by atoms with van der Waals surface area (Å²) in [4.78, 5) is 9.77. The minimum atomic E-state index is -0.673. The minimum absolute atomic E-state index is 0. The molecule has 8 heavy (non-hydrogen) atoms. The molecule has 0 atom stereocenters. The van der Waals surface area contributed by atoms with E-state index < -0.39 is 5.97 Å². The van der Waals surface area contributed by atoms with Crippen LogP contribution >= 0.6 is 0 Å². The van der Waals surface area contributed by atoms with Crippen LogP contribution < -0.4 is 0 Å². The summed E-state index contributed by atoms with van der Waals surface area (Å²) in [5.74, 6) is -0.673. The van der Waals surface area contributed by atoms with Crippen molar-refractivity contribution in [2.45, 2.75) is 18.1 Å². The molecule has 0 unspecified atom stereocenters. The van der Waals surface area contributed by atoms with Crippen molar-refractivity contribution in [2.24, 2.45) is 0 Å². The van der Waals surface area contributed by atoms with Gasteiger partial charge in [0.15, 0.2) is 0 Å². The maximum atomic E-state index is 9.77. The third kappa shape index (κ3) is 9.36. The molecule has 0 saturated carbocycles. The van der Waals surface area contributed by atoms with E-state index in [0.717, 1.165) is 11.7 Å². The standard InChI is InChI=1S/C4H9GeO2.H2O/c5-3-1-2-4(6)7;/h1-3,5H2,(H,6,7);1H2. The van der Waals surface area contributed by atoms with Crippen LogP contribution in [0.15, 0.2) is 0 Å². The van der Waals surface area contributed by atoms with Crippen LogP contribution in [-0.4, -0.2) is 33.1 Å². The van der Waals surface area contributed by atoms with Crippen LogP contribution in [0.1, 0.15) is 12.8 Å². The average molecular weight is 180 g/mol. The van der Waals surface area contributed by atoms with Crippen molar-refractivity contribution < 1.29 is 15.4 Å². The van der Waals surface area contributed by atoms with Crippen LogP contribution in [0.25, 0.3) is 0 Å². The number of rotatable bonds is 3. The second-order valence-corrected chi connectivity index (χ2v) is 2.83. The molecular formula is C4H11GeO3. The predicted molar refractivity (Wildman–Crippen MR) is 33.8 cm³/mol. The fourth-order valence-corrected chi connectivity index (χ4v) is 0.801. The summed E-state index contributed by atoms with van der Waals surface area (Å²) in [7, 11) is 0. The molecule has 0 saturated heterocycles. The Morgan fingerprint density at radius 3 is 2.25 bits per heavy atom. The zero-order valence-electron chi connectivity index (χ0n) is 4.68. The Labute approximate surface area is 56.6 Å². The van der Waals surface area contributed by atoms with Crippen molar-refractivity contribution in [3.8, 4) is 0 Å². The van der Waals surface area contributed by atoms with Gasteiger partial charge in [-0.05, 0) is 0 Å². The zero-order chi connectivity index (χ0) is 5.70. The first-order chi connectivity index (χ1) is 3.27. The third-order valence-electron chi connectivity index (χ3n) is 0.641. The van der Waals surface area contributed by atoms with E-state index in [1.54, 1.807) is 0 Å². The number of carbonyl (C=O) groups is 1. The number of hydrogen-bond acceptors (Lipinski definition) is 1. The van der Waals surface area contributed by atoms with Gasteiger partial charge in [-0.3, -0.25) is 0 Å². The predicted octanol–water partition coefficient (Wildman–Crippen LogP) is -0.922. The van der Waals surface area contributed by atoms with E-state index in [1.165, 1.54) is 16.5 Å². The van der Waals surface area contributed by atoms with Crippen LogP contribution in [0.2, 0.25) is 5.25 Å².